The fourth-order valence-corrected chi connectivity index (χ4v) is 2.54. The van der Waals surface area contributed by atoms with E-state index in [0.29, 0.717) is 6.10 Å². The quantitative estimate of drug-likeness (QED) is 0.866. The second-order valence-electron chi connectivity index (χ2n) is 5.01. The molecule has 100 valence electrons. The van der Waals surface area contributed by atoms with Crippen molar-refractivity contribution in [2.75, 3.05) is 19.0 Å². The molecule has 0 radical (unpaired) electrons. The molecule has 2 rings (SSSR count). The molecular weight excluding hydrogens is 233 g/mol. The molecule has 0 bridgehead atoms. The summed E-state index contributed by atoms with van der Waals surface area (Å²) in [6.45, 7) is 0.0841. The molecule has 2 N–H and O–H groups in total. The highest BCUT2D eigenvalue weighted by molar-refractivity contribution is 5.45. The summed E-state index contributed by atoms with van der Waals surface area (Å²) in [6, 6.07) is 6.26. The third-order valence-corrected chi connectivity index (χ3v) is 3.78. The van der Waals surface area contributed by atoms with Gasteiger partial charge in [-0.25, -0.2) is 4.39 Å². The Labute approximate surface area is 107 Å². The smallest absolute Gasteiger partial charge is 0.123 e. The fraction of sp³-hybridized carbons (Fsp3) is 0.571. The number of aliphatic hydroxyl groups is 1. The normalized spacial score (nSPS) is 28.1. The lowest BCUT2D eigenvalue weighted by molar-refractivity contribution is 0.0411. The molecule has 4 heteroatoms. The number of benzene rings is 1. The van der Waals surface area contributed by atoms with Crippen molar-refractivity contribution < 1.29 is 14.2 Å². The van der Waals surface area contributed by atoms with Gasteiger partial charge in [0.15, 0.2) is 0 Å². The van der Waals surface area contributed by atoms with Gasteiger partial charge in [0, 0.05) is 12.8 Å². The Kier molecular flexibility index (Phi) is 4.19. The first kappa shape index (κ1) is 13.3. The summed E-state index contributed by atoms with van der Waals surface area (Å²) in [6.07, 6.45) is 3.88. The maximum absolute atomic E-state index is 12.8. The van der Waals surface area contributed by atoms with Gasteiger partial charge in [-0.05, 0) is 49.9 Å². The van der Waals surface area contributed by atoms with Gasteiger partial charge >= 0.3 is 0 Å². The molecule has 1 aromatic carbocycles. The molecule has 0 heterocycles. The average Bonchev–Trinajstić information content (AvgIpc) is 2.42. The van der Waals surface area contributed by atoms with E-state index in [-0.39, 0.29) is 18.0 Å². The van der Waals surface area contributed by atoms with Crippen LogP contribution in [0.1, 0.15) is 25.7 Å². The van der Waals surface area contributed by atoms with Gasteiger partial charge in [0.05, 0.1) is 18.2 Å². The predicted octanol–water partition coefficient (Wildman–Crippen LogP) is 2.56. The average molecular weight is 253 g/mol. The van der Waals surface area contributed by atoms with Crippen LogP contribution in [0.15, 0.2) is 24.3 Å². The van der Waals surface area contributed by atoms with Crippen molar-refractivity contribution in [3.8, 4) is 0 Å². The summed E-state index contributed by atoms with van der Waals surface area (Å²) in [5, 5.41) is 13.0. The van der Waals surface area contributed by atoms with Crippen LogP contribution >= 0.6 is 0 Å². The van der Waals surface area contributed by atoms with E-state index in [1.807, 2.05) is 0 Å². The maximum atomic E-state index is 12.8. The number of ether oxygens (including phenoxy) is 1. The minimum atomic E-state index is -0.299. The Hall–Kier alpha value is -1.13. The molecule has 3 nitrogen and oxygen atoms in total. The Morgan fingerprint density at radius 2 is 1.94 bits per heavy atom. The van der Waals surface area contributed by atoms with Gasteiger partial charge in [-0.1, -0.05) is 0 Å². The predicted molar refractivity (Wildman–Crippen MR) is 69.1 cm³/mol. The zero-order valence-corrected chi connectivity index (χ0v) is 10.7. The van der Waals surface area contributed by atoms with Gasteiger partial charge < -0.3 is 15.2 Å². The van der Waals surface area contributed by atoms with Crippen LogP contribution in [-0.4, -0.2) is 30.5 Å². The molecule has 18 heavy (non-hydrogen) atoms. The summed E-state index contributed by atoms with van der Waals surface area (Å²) in [5.74, 6) is -0.248. The van der Waals surface area contributed by atoms with Crippen molar-refractivity contribution in [2.45, 2.75) is 37.3 Å². The number of anilines is 1. The first-order chi connectivity index (χ1) is 8.67. The van der Waals surface area contributed by atoms with E-state index in [2.05, 4.69) is 5.32 Å². The monoisotopic (exact) mass is 253 g/mol. The Morgan fingerprint density at radius 1 is 1.33 bits per heavy atom. The number of halogens is 1. The number of nitrogens with one attached hydrogen (secondary N) is 1. The van der Waals surface area contributed by atoms with Gasteiger partial charge in [0.2, 0.25) is 0 Å². The van der Waals surface area contributed by atoms with E-state index in [4.69, 9.17) is 4.74 Å². The first-order valence-corrected chi connectivity index (χ1v) is 6.35. The van der Waals surface area contributed by atoms with Crippen LogP contribution in [0.5, 0.6) is 0 Å². The highest BCUT2D eigenvalue weighted by Crippen LogP contribution is 2.32. The van der Waals surface area contributed by atoms with Crippen molar-refractivity contribution >= 4 is 5.69 Å². The minimum Gasteiger partial charge on any atom is -0.394 e. The number of methoxy groups -OCH3 is 1. The molecule has 0 atom stereocenters. The number of hydrogen-bond acceptors (Lipinski definition) is 3. The van der Waals surface area contributed by atoms with Gasteiger partial charge in [0.25, 0.3) is 0 Å². The molecular formula is C14H20FNO2. The van der Waals surface area contributed by atoms with Crippen LogP contribution in [0.2, 0.25) is 0 Å². The van der Waals surface area contributed by atoms with Crippen LogP contribution in [0, 0.1) is 5.82 Å². The maximum Gasteiger partial charge on any atom is 0.123 e. The lowest BCUT2D eigenvalue weighted by Gasteiger charge is -2.40. The van der Waals surface area contributed by atoms with Crippen molar-refractivity contribution in [3.63, 3.8) is 0 Å². The minimum absolute atomic E-state index is 0.0841. The summed E-state index contributed by atoms with van der Waals surface area (Å²) in [7, 11) is 1.73. The van der Waals surface area contributed by atoms with Crippen LogP contribution in [-0.2, 0) is 4.74 Å². The lowest BCUT2D eigenvalue weighted by Crippen LogP contribution is -2.46. The summed E-state index contributed by atoms with van der Waals surface area (Å²) < 4.78 is 18.2. The Bertz CT molecular complexity index is 372. The zero-order valence-electron chi connectivity index (χ0n) is 10.7. The van der Waals surface area contributed by atoms with Crippen molar-refractivity contribution in [2.24, 2.45) is 0 Å². The fourth-order valence-electron chi connectivity index (χ4n) is 2.54. The molecule has 1 aliphatic carbocycles. The molecule has 1 fully saturated rings. The molecule has 1 aromatic rings. The topological polar surface area (TPSA) is 41.5 Å². The molecule has 0 amide bonds. The van der Waals surface area contributed by atoms with Crippen LogP contribution in [0.3, 0.4) is 0 Å². The third-order valence-electron chi connectivity index (χ3n) is 3.78. The molecule has 1 aliphatic rings. The Balaban J connectivity index is 2.03. The second kappa shape index (κ2) is 5.67. The SMILES string of the molecule is COC1CCC(CO)(Nc2ccc(F)cc2)CC1. The summed E-state index contributed by atoms with van der Waals surface area (Å²) >= 11 is 0. The van der Waals surface area contributed by atoms with E-state index in [9.17, 15) is 9.50 Å². The van der Waals surface area contributed by atoms with Gasteiger partial charge in [-0.15, -0.1) is 0 Å². The molecule has 0 aliphatic heterocycles. The van der Waals surface area contributed by atoms with Crippen LogP contribution < -0.4 is 5.32 Å². The highest BCUT2D eigenvalue weighted by atomic mass is 19.1. The van der Waals surface area contributed by atoms with E-state index in [0.717, 1.165) is 31.4 Å². The van der Waals surface area contributed by atoms with Crippen molar-refractivity contribution in [1.29, 1.82) is 0 Å². The van der Waals surface area contributed by atoms with Crippen molar-refractivity contribution in [3.05, 3.63) is 30.1 Å². The zero-order chi connectivity index (χ0) is 13.0. The van der Waals surface area contributed by atoms with E-state index in [1.165, 1.54) is 12.1 Å². The van der Waals surface area contributed by atoms with Gasteiger partial charge in [-0.3, -0.25) is 0 Å². The molecule has 0 unspecified atom stereocenters. The summed E-state index contributed by atoms with van der Waals surface area (Å²) in [5.41, 5.74) is 0.550. The second-order valence-corrected chi connectivity index (χ2v) is 5.01. The summed E-state index contributed by atoms with van der Waals surface area (Å²) in [4.78, 5) is 0. The lowest BCUT2D eigenvalue weighted by atomic mass is 9.80. The van der Waals surface area contributed by atoms with E-state index >= 15 is 0 Å². The highest BCUT2D eigenvalue weighted by Gasteiger charge is 2.34. The third kappa shape index (κ3) is 3.00. The standard InChI is InChI=1S/C14H20FNO2/c1-18-13-6-8-14(10-17,9-7-13)16-12-4-2-11(15)3-5-12/h2-5,13,16-17H,6-10H2,1H3. The number of rotatable bonds is 4. The molecule has 0 spiro atoms. The molecule has 0 saturated heterocycles. The largest absolute Gasteiger partial charge is 0.394 e. The van der Waals surface area contributed by atoms with Gasteiger partial charge in [-0.2, -0.15) is 0 Å². The number of aliphatic hydroxyl groups excluding tert-OH is 1. The van der Waals surface area contributed by atoms with E-state index in [1.54, 1.807) is 19.2 Å². The van der Waals surface area contributed by atoms with E-state index < -0.39 is 0 Å². The molecule has 1 saturated carbocycles. The number of hydrogen-bond donors (Lipinski definition) is 2. The van der Waals surface area contributed by atoms with Crippen LogP contribution in [0.4, 0.5) is 10.1 Å². The Morgan fingerprint density at radius 3 is 2.44 bits per heavy atom. The first-order valence-electron chi connectivity index (χ1n) is 6.35. The van der Waals surface area contributed by atoms with Crippen LogP contribution in [0.25, 0.3) is 0 Å². The molecule has 0 aromatic heterocycles. The van der Waals surface area contributed by atoms with Crippen molar-refractivity contribution in [1.82, 2.24) is 0 Å². The van der Waals surface area contributed by atoms with Gasteiger partial charge in [0.1, 0.15) is 5.82 Å².